The lowest BCUT2D eigenvalue weighted by molar-refractivity contribution is -0.540. The number of nitrogens with one attached hydrogen (secondary N) is 5. The molecule has 0 unspecified atom stereocenters. The van der Waals surface area contributed by atoms with Crippen LogP contribution in [0.3, 0.4) is 0 Å². The van der Waals surface area contributed by atoms with E-state index in [2.05, 4.69) is 62.6 Å². The highest BCUT2D eigenvalue weighted by Crippen LogP contribution is 2.65. The molecule has 2 heterocycles. The van der Waals surface area contributed by atoms with E-state index in [0.29, 0.717) is 54.9 Å². The summed E-state index contributed by atoms with van der Waals surface area (Å²) >= 11 is 1.43. The monoisotopic (exact) mass is 586 g/mol. The number of carbonyl (C=O) groups excluding carboxylic acids is 2. The van der Waals surface area contributed by atoms with Gasteiger partial charge in [0.25, 0.3) is 5.91 Å². The molecule has 224 valence electrons. The molecule has 0 aromatic carbocycles. The second-order valence-corrected chi connectivity index (χ2v) is 13.5. The Morgan fingerprint density at radius 3 is 2.68 bits per heavy atom. The molecular weight excluding hydrogens is 541 g/mol. The van der Waals surface area contributed by atoms with Crippen LogP contribution in [0.5, 0.6) is 0 Å². The third kappa shape index (κ3) is 6.86. The highest BCUT2D eigenvalue weighted by atomic mass is 32.1. The van der Waals surface area contributed by atoms with Crippen LogP contribution in [0.1, 0.15) is 77.1 Å². The van der Waals surface area contributed by atoms with Crippen LogP contribution in [0.25, 0.3) is 0 Å². The predicted octanol–water partition coefficient (Wildman–Crippen LogP) is 2.39. The van der Waals surface area contributed by atoms with E-state index in [-0.39, 0.29) is 34.9 Å². The first-order valence-electron chi connectivity index (χ1n) is 14.7. The SMILES string of the molecule is C=C/C=C(\NCCC[C@H](NC(=O)c1ccsc1)C(=O)N[C@@H](CC(C)C)B1O[C@@H]2C[C@@H]3C[C@@H](C3(C)C)[C@]2(C)O1)N[NH+]=O. The molecule has 3 aliphatic carbocycles. The number of amides is 2. The zero-order valence-electron chi connectivity index (χ0n) is 24.8. The van der Waals surface area contributed by atoms with Crippen molar-refractivity contribution in [1.82, 2.24) is 21.4 Å². The zero-order chi connectivity index (χ0) is 29.8. The maximum absolute atomic E-state index is 13.8. The number of hydrogen-bond donors (Lipinski definition) is 5. The van der Waals surface area contributed by atoms with Crippen LogP contribution >= 0.6 is 11.3 Å². The van der Waals surface area contributed by atoms with Gasteiger partial charge in [-0.25, -0.2) is 0 Å². The van der Waals surface area contributed by atoms with E-state index >= 15 is 0 Å². The Balaban J connectivity index is 1.44. The lowest BCUT2D eigenvalue weighted by atomic mass is 9.43. The van der Waals surface area contributed by atoms with Crippen molar-refractivity contribution in [3.05, 3.63) is 51.8 Å². The standard InChI is InChI=1S/C29H44BN5O5S/c1-7-9-25(34-35-38)31-12-8-10-21(32-26(36)19-11-13-41-17-19)27(37)33-24(14-18(2)3)30-39-23-16-20-15-22(28(20,4)5)29(23,6)40-30/h7,9,11,13,17-18,20-24,31H,1,8,10,12,14-16H2,2-6H3,(H,32,36)(H,33,37)(H,34,38)/p+1/b25-9+/t20-,21-,22-,23+,24-,29-/m0/s1. The van der Waals surface area contributed by atoms with Crippen molar-refractivity contribution in [3.8, 4) is 0 Å². The minimum Gasteiger partial charge on any atom is -0.404 e. The van der Waals surface area contributed by atoms with Crippen LogP contribution in [-0.4, -0.2) is 49.2 Å². The molecule has 4 fully saturated rings. The average molecular weight is 587 g/mol. The van der Waals surface area contributed by atoms with Crippen molar-refractivity contribution < 1.29 is 24.2 Å². The van der Waals surface area contributed by atoms with Gasteiger partial charge in [0.15, 0.2) is 5.82 Å². The summed E-state index contributed by atoms with van der Waals surface area (Å²) in [6, 6.07) is 0.976. The summed E-state index contributed by atoms with van der Waals surface area (Å²) in [5.41, 5.74) is 2.83. The first-order chi connectivity index (χ1) is 19.5. The summed E-state index contributed by atoms with van der Waals surface area (Å²) in [4.78, 5) is 37.4. The number of hydrazine groups is 1. The molecule has 2 amide bonds. The average Bonchev–Trinajstić information content (AvgIpc) is 3.57. The molecule has 0 spiro atoms. The van der Waals surface area contributed by atoms with E-state index in [4.69, 9.17) is 9.31 Å². The third-order valence-corrected chi connectivity index (χ3v) is 9.89. The topological polar surface area (TPSA) is 132 Å². The molecule has 2 bridgehead atoms. The highest BCUT2D eigenvalue weighted by molar-refractivity contribution is 7.08. The summed E-state index contributed by atoms with van der Waals surface area (Å²) in [6.45, 7) is 15.2. The van der Waals surface area contributed by atoms with E-state index in [1.54, 1.807) is 28.9 Å². The van der Waals surface area contributed by atoms with Gasteiger partial charge in [-0.15, -0.1) is 5.43 Å². The van der Waals surface area contributed by atoms with Gasteiger partial charge < -0.3 is 25.3 Å². The Hall–Kier alpha value is -2.70. The maximum atomic E-state index is 13.8. The molecule has 41 heavy (non-hydrogen) atoms. The number of hydrogen-bond acceptors (Lipinski definition) is 7. The number of rotatable bonds is 15. The van der Waals surface area contributed by atoms with Gasteiger partial charge in [0.2, 0.25) is 5.91 Å². The smallest absolute Gasteiger partial charge is 0.404 e. The molecule has 0 radical (unpaired) electrons. The van der Waals surface area contributed by atoms with Crippen molar-refractivity contribution in [2.45, 2.75) is 90.4 Å². The molecule has 5 rings (SSSR count). The Labute approximate surface area is 247 Å². The first-order valence-corrected chi connectivity index (χ1v) is 15.6. The van der Waals surface area contributed by atoms with Gasteiger partial charge in [-0.2, -0.15) is 11.3 Å². The van der Waals surface area contributed by atoms with Crippen molar-refractivity contribution in [2.24, 2.45) is 23.2 Å². The Bertz CT molecular complexity index is 1130. The lowest BCUT2D eigenvalue weighted by Gasteiger charge is -2.64. The fourth-order valence-corrected chi connectivity index (χ4v) is 7.49. The van der Waals surface area contributed by atoms with Crippen LogP contribution in [0.15, 0.2) is 41.4 Å². The predicted molar refractivity (Wildman–Crippen MR) is 160 cm³/mol. The highest BCUT2D eigenvalue weighted by Gasteiger charge is 2.68. The summed E-state index contributed by atoms with van der Waals surface area (Å²) in [5.74, 6) is 0.914. The summed E-state index contributed by atoms with van der Waals surface area (Å²) in [6.07, 6.45) is 6.96. The van der Waals surface area contributed by atoms with E-state index in [1.807, 2.05) is 5.38 Å². The molecule has 4 aliphatic rings. The van der Waals surface area contributed by atoms with Crippen LogP contribution in [0, 0.1) is 28.1 Å². The van der Waals surface area contributed by atoms with E-state index < -0.39 is 13.2 Å². The third-order valence-electron chi connectivity index (χ3n) is 9.21. The maximum Gasteiger partial charge on any atom is 0.481 e. The summed E-state index contributed by atoms with van der Waals surface area (Å²) < 4.78 is 13.2. The van der Waals surface area contributed by atoms with Gasteiger partial charge in [0.05, 0.1) is 23.2 Å². The normalized spacial score (nSPS) is 27.7. The fourth-order valence-electron chi connectivity index (χ4n) is 6.85. The molecular formula is C29H45BN5O5S+. The largest absolute Gasteiger partial charge is 0.481 e. The second kappa shape index (κ2) is 13.1. The lowest BCUT2D eigenvalue weighted by Crippen LogP contribution is -2.76. The fraction of sp³-hybridized carbons (Fsp3) is 0.655. The summed E-state index contributed by atoms with van der Waals surface area (Å²) in [5, 5.41) is 14.4. The van der Waals surface area contributed by atoms with Gasteiger partial charge in [-0.05, 0) is 79.7 Å². The van der Waals surface area contributed by atoms with Crippen molar-refractivity contribution >= 4 is 30.3 Å². The van der Waals surface area contributed by atoms with E-state index in [9.17, 15) is 14.5 Å². The number of carbonyl (C=O) groups is 2. The Morgan fingerprint density at radius 1 is 1.27 bits per heavy atom. The van der Waals surface area contributed by atoms with Gasteiger partial charge >= 0.3 is 7.12 Å². The van der Waals surface area contributed by atoms with Crippen LogP contribution in [0.4, 0.5) is 0 Å². The molecule has 10 nitrogen and oxygen atoms in total. The molecule has 6 atom stereocenters. The van der Waals surface area contributed by atoms with Crippen molar-refractivity contribution in [3.63, 3.8) is 0 Å². The number of thiophene rings is 1. The zero-order valence-corrected chi connectivity index (χ0v) is 25.6. The Kier molecular flexibility index (Phi) is 9.97. The Morgan fingerprint density at radius 2 is 2.05 bits per heavy atom. The molecule has 1 aromatic heterocycles. The van der Waals surface area contributed by atoms with Gasteiger partial charge in [0.1, 0.15) is 11.3 Å². The quantitative estimate of drug-likeness (QED) is 0.0923. The first kappa shape index (κ1) is 31.2. The molecule has 12 heteroatoms. The van der Waals surface area contributed by atoms with E-state index in [0.717, 1.165) is 12.8 Å². The minimum atomic E-state index is -0.762. The van der Waals surface area contributed by atoms with Crippen LogP contribution < -0.4 is 26.7 Å². The second-order valence-electron chi connectivity index (χ2n) is 12.7. The van der Waals surface area contributed by atoms with E-state index in [1.165, 1.54) is 11.3 Å². The molecule has 1 aliphatic heterocycles. The molecule has 5 N–H and O–H groups in total. The minimum absolute atomic E-state index is 0.0195. The molecule has 1 saturated heterocycles. The van der Waals surface area contributed by atoms with Gasteiger partial charge in [-0.3, -0.25) is 9.59 Å². The van der Waals surface area contributed by atoms with Gasteiger partial charge in [0, 0.05) is 16.8 Å². The van der Waals surface area contributed by atoms with Crippen molar-refractivity contribution in [1.29, 1.82) is 0 Å². The van der Waals surface area contributed by atoms with Crippen LogP contribution in [0.2, 0.25) is 0 Å². The molecule has 1 aromatic rings. The molecule has 3 saturated carbocycles. The summed E-state index contributed by atoms with van der Waals surface area (Å²) in [7, 11) is -0.543. The van der Waals surface area contributed by atoms with Crippen LogP contribution in [-0.2, 0) is 14.1 Å². The van der Waals surface area contributed by atoms with Crippen molar-refractivity contribution in [2.75, 3.05) is 6.54 Å². The number of allylic oxidation sites excluding steroid dienone is 2. The number of nitroso groups, excluding NO2 is 1. The van der Waals surface area contributed by atoms with Gasteiger partial charge in [-0.1, -0.05) is 40.3 Å².